The first-order valence-electron chi connectivity index (χ1n) is 12.2. The molecular weight excluding hydrogens is 482 g/mol. The monoisotopic (exact) mass is 509 g/mol. The Morgan fingerprint density at radius 1 is 1.03 bits per heavy atom. The normalized spacial score (nSPS) is 15.6. The van der Waals surface area contributed by atoms with Gasteiger partial charge in [-0.05, 0) is 36.1 Å². The van der Waals surface area contributed by atoms with Crippen molar-refractivity contribution in [1.82, 2.24) is 14.9 Å². The predicted molar refractivity (Wildman–Crippen MR) is 144 cm³/mol. The SMILES string of the molecule is Cc1nc(-c2ccccc2)sc1C(=O)C1=C(O)C(=O)N(Cc2ccccn2)C1c1ccc(C(C)C)cc1. The number of aliphatic hydroxyl groups is 1. The number of aryl methyl sites for hydroxylation is 1. The number of amides is 1. The van der Waals surface area contributed by atoms with Gasteiger partial charge in [0.05, 0.1) is 34.4 Å². The lowest BCUT2D eigenvalue weighted by atomic mass is 9.93. The number of pyridine rings is 1. The average molecular weight is 510 g/mol. The fraction of sp³-hybridized carbons (Fsp3) is 0.200. The third kappa shape index (κ3) is 4.70. The molecule has 5 rings (SSSR count). The van der Waals surface area contributed by atoms with Gasteiger partial charge in [0, 0.05) is 11.8 Å². The molecule has 0 saturated carbocycles. The molecule has 0 spiro atoms. The van der Waals surface area contributed by atoms with Gasteiger partial charge >= 0.3 is 0 Å². The van der Waals surface area contributed by atoms with E-state index in [1.165, 1.54) is 16.2 Å². The van der Waals surface area contributed by atoms with Gasteiger partial charge in [0.25, 0.3) is 5.91 Å². The Morgan fingerprint density at radius 3 is 2.38 bits per heavy atom. The molecule has 1 aliphatic heterocycles. The summed E-state index contributed by atoms with van der Waals surface area (Å²) in [6.45, 7) is 6.16. The molecule has 0 radical (unpaired) electrons. The Bertz CT molecular complexity index is 1480. The number of benzene rings is 2. The van der Waals surface area contributed by atoms with E-state index in [1.54, 1.807) is 19.2 Å². The molecule has 0 fully saturated rings. The molecular formula is C30H27N3O3S. The van der Waals surface area contributed by atoms with Crippen molar-refractivity contribution >= 4 is 23.0 Å². The van der Waals surface area contributed by atoms with Crippen molar-refractivity contribution in [1.29, 1.82) is 0 Å². The smallest absolute Gasteiger partial charge is 0.290 e. The fourth-order valence-corrected chi connectivity index (χ4v) is 5.58. The van der Waals surface area contributed by atoms with Crippen LogP contribution in [-0.4, -0.2) is 31.7 Å². The van der Waals surface area contributed by atoms with E-state index in [0.29, 0.717) is 27.2 Å². The Balaban J connectivity index is 1.58. The number of ketones is 1. The number of rotatable bonds is 7. The van der Waals surface area contributed by atoms with Crippen LogP contribution in [0.15, 0.2) is 90.3 Å². The minimum Gasteiger partial charge on any atom is -0.503 e. The highest BCUT2D eigenvalue weighted by molar-refractivity contribution is 7.17. The zero-order valence-electron chi connectivity index (χ0n) is 20.9. The topological polar surface area (TPSA) is 83.4 Å². The second-order valence-corrected chi connectivity index (χ2v) is 10.4. The number of carbonyl (C=O) groups excluding carboxylic acids is 2. The predicted octanol–water partition coefficient (Wildman–Crippen LogP) is 6.42. The van der Waals surface area contributed by atoms with Crippen LogP contribution in [0.3, 0.4) is 0 Å². The molecule has 2 aromatic heterocycles. The largest absolute Gasteiger partial charge is 0.503 e. The van der Waals surface area contributed by atoms with Crippen LogP contribution >= 0.6 is 11.3 Å². The van der Waals surface area contributed by atoms with Crippen LogP contribution in [0.1, 0.15) is 58.0 Å². The van der Waals surface area contributed by atoms with Crippen LogP contribution in [0.2, 0.25) is 0 Å². The number of aliphatic hydroxyl groups excluding tert-OH is 1. The first kappa shape index (κ1) is 24.6. The van der Waals surface area contributed by atoms with E-state index in [0.717, 1.165) is 16.7 Å². The minimum absolute atomic E-state index is 0.0737. The van der Waals surface area contributed by atoms with Crippen molar-refractivity contribution in [3.8, 4) is 10.6 Å². The molecule has 0 saturated heterocycles. The first-order valence-corrected chi connectivity index (χ1v) is 13.0. The highest BCUT2D eigenvalue weighted by Crippen LogP contribution is 2.42. The van der Waals surface area contributed by atoms with Crippen LogP contribution < -0.4 is 0 Å². The summed E-state index contributed by atoms with van der Waals surface area (Å²) in [5.41, 5.74) is 4.13. The van der Waals surface area contributed by atoms with Crippen molar-refractivity contribution < 1.29 is 14.7 Å². The summed E-state index contributed by atoms with van der Waals surface area (Å²) < 4.78 is 0. The molecule has 7 heteroatoms. The van der Waals surface area contributed by atoms with Crippen molar-refractivity contribution in [3.63, 3.8) is 0 Å². The Morgan fingerprint density at radius 2 is 1.73 bits per heavy atom. The van der Waals surface area contributed by atoms with Gasteiger partial charge in [0.2, 0.25) is 5.78 Å². The summed E-state index contributed by atoms with van der Waals surface area (Å²) >= 11 is 1.27. The molecule has 4 aromatic rings. The van der Waals surface area contributed by atoms with Crippen molar-refractivity contribution in [2.45, 2.75) is 39.3 Å². The highest BCUT2D eigenvalue weighted by Gasteiger charge is 2.44. The number of carbonyl (C=O) groups is 2. The van der Waals surface area contributed by atoms with E-state index in [2.05, 4.69) is 23.8 Å². The molecule has 1 atom stereocenters. The van der Waals surface area contributed by atoms with Gasteiger partial charge in [-0.1, -0.05) is 74.5 Å². The zero-order chi connectivity index (χ0) is 26.1. The van der Waals surface area contributed by atoms with Gasteiger partial charge in [-0.25, -0.2) is 4.98 Å². The molecule has 1 unspecified atom stereocenters. The van der Waals surface area contributed by atoms with E-state index in [-0.39, 0.29) is 17.9 Å². The maximum absolute atomic E-state index is 14.0. The van der Waals surface area contributed by atoms with Gasteiger partial charge in [0.15, 0.2) is 5.76 Å². The molecule has 1 aliphatic rings. The standard InChI is InChI=1S/C30H27N3O3S/c1-18(2)20-12-14-21(15-13-20)25-24(27(35)30(36)33(25)17-23-11-7-8-16-31-23)26(34)28-19(3)32-29(37-28)22-9-5-4-6-10-22/h4-16,18,25,35H,17H2,1-3H3. The Labute approximate surface area is 220 Å². The third-order valence-corrected chi connectivity index (χ3v) is 7.75. The second kappa shape index (κ2) is 10.1. The zero-order valence-corrected chi connectivity index (χ0v) is 21.7. The summed E-state index contributed by atoms with van der Waals surface area (Å²) in [6.07, 6.45) is 1.66. The number of thiazole rings is 1. The van der Waals surface area contributed by atoms with Crippen LogP contribution in [0, 0.1) is 6.92 Å². The fourth-order valence-electron chi connectivity index (χ4n) is 4.56. The van der Waals surface area contributed by atoms with Gasteiger partial charge in [-0.3, -0.25) is 14.6 Å². The summed E-state index contributed by atoms with van der Waals surface area (Å²) in [5, 5.41) is 11.8. The van der Waals surface area contributed by atoms with Gasteiger partial charge in [0.1, 0.15) is 5.01 Å². The van der Waals surface area contributed by atoms with Crippen LogP contribution in [-0.2, 0) is 11.3 Å². The maximum atomic E-state index is 14.0. The lowest BCUT2D eigenvalue weighted by Crippen LogP contribution is -2.31. The lowest BCUT2D eigenvalue weighted by Gasteiger charge is -2.27. The van der Waals surface area contributed by atoms with Crippen LogP contribution in [0.25, 0.3) is 10.6 Å². The molecule has 0 bridgehead atoms. The molecule has 0 aliphatic carbocycles. The van der Waals surface area contributed by atoms with Gasteiger partial charge in [-0.15, -0.1) is 11.3 Å². The second-order valence-electron chi connectivity index (χ2n) is 9.37. The summed E-state index contributed by atoms with van der Waals surface area (Å²) in [5.74, 6) is -1.15. The van der Waals surface area contributed by atoms with Gasteiger partial charge in [-0.2, -0.15) is 0 Å². The molecule has 186 valence electrons. The third-order valence-electron chi connectivity index (χ3n) is 6.55. The molecule has 1 amide bonds. The number of Topliss-reactive ketones (excluding diaryl/α,β-unsaturated/α-hetero) is 1. The Hall–Kier alpha value is -4.10. The van der Waals surface area contributed by atoms with Crippen molar-refractivity contribution in [2.75, 3.05) is 0 Å². The molecule has 6 nitrogen and oxygen atoms in total. The lowest BCUT2D eigenvalue weighted by molar-refractivity contribution is -0.130. The molecule has 37 heavy (non-hydrogen) atoms. The van der Waals surface area contributed by atoms with Crippen molar-refractivity contribution in [2.24, 2.45) is 0 Å². The van der Waals surface area contributed by atoms with E-state index >= 15 is 0 Å². The number of hydrogen-bond donors (Lipinski definition) is 1. The van der Waals surface area contributed by atoms with Crippen LogP contribution in [0.4, 0.5) is 0 Å². The molecule has 3 heterocycles. The Kier molecular flexibility index (Phi) is 6.72. The molecule has 1 N–H and O–H groups in total. The quantitative estimate of drug-likeness (QED) is 0.291. The minimum atomic E-state index is -0.745. The van der Waals surface area contributed by atoms with E-state index in [9.17, 15) is 14.7 Å². The average Bonchev–Trinajstić information content (AvgIpc) is 3.42. The summed E-state index contributed by atoms with van der Waals surface area (Å²) in [4.78, 5) is 38.2. The maximum Gasteiger partial charge on any atom is 0.290 e. The summed E-state index contributed by atoms with van der Waals surface area (Å²) in [6, 6.07) is 22.2. The number of hydrogen-bond acceptors (Lipinski definition) is 6. The molecule has 2 aromatic carbocycles. The summed E-state index contributed by atoms with van der Waals surface area (Å²) in [7, 11) is 0. The number of aromatic nitrogens is 2. The highest BCUT2D eigenvalue weighted by atomic mass is 32.1. The number of nitrogens with zero attached hydrogens (tertiary/aromatic N) is 3. The van der Waals surface area contributed by atoms with E-state index in [4.69, 9.17) is 0 Å². The van der Waals surface area contributed by atoms with Gasteiger partial charge < -0.3 is 10.0 Å². The van der Waals surface area contributed by atoms with E-state index < -0.39 is 17.7 Å². The first-order chi connectivity index (χ1) is 17.8. The van der Waals surface area contributed by atoms with E-state index in [1.807, 2.05) is 66.7 Å². The van der Waals surface area contributed by atoms with Crippen molar-refractivity contribution in [3.05, 3.63) is 118 Å². The van der Waals surface area contributed by atoms with Crippen LogP contribution in [0.5, 0.6) is 0 Å².